The van der Waals surface area contributed by atoms with Crippen LogP contribution in [0.1, 0.15) is 13.3 Å². The number of amides is 1. The maximum Gasteiger partial charge on any atom is 0.231 e. The number of hydrogen-bond acceptors (Lipinski definition) is 2. The molecule has 110 valence electrons. The van der Waals surface area contributed by atoms with Gasteiger partial charge < -0.3 is 9.64 Å². The number of likely N-dealkylation sites (N-methyl/N-ethyl adjacent to an activating group) is 1. The van der Waals surface area contributed by atoms with Crippen LogP contribution in [0.3, 0.4) is 0 Å². The predicted molar refractivity (Wildman–Crippen MR) is 76.7 cm³/mol. The Labute approximate surface area is 127 Å². The van der Waals surface area contributed by atoms with Crippen molar-refractivity contribution in [1.82, 2.24) is 4.90 Å². The second-order valence-electron chi connectivity index (χ2n) is 5.24. The molecule has 0 bridgehead atoms. The van der Waals surface area contributed by atoms with Crippen LogP contribution in [0.5, 0.6) is 5.75 Å². The van der Waals surface area contributed by atoms with Crippen LogP contribution in [0.4, 0.5) is 4.39 Å². The van der Waals surface area contributed by atoms with Gasteiger partial charge in [0, 0.05) is 7.05 Å². The topological polar surface area (TPSA) is 29.5 Å². The number of halogens is 3. The maximum atomic E-state index is 12.7. The molecule has 0 N–H and O–H groups in total. The Balaban J connectivity index is 1.80. The molecule has 0 saturated heterocycles. The Bertz CT molecular complexity index is 506. The summed E-state index contributed by atoms with van der Waals surface area (Å²) >= 11 is 12.0. The molecule has 1 fully saturated rings. The van der Waals surface area contributed by atoms with Crippen molar-refractivity contribution < 1.29 is 13.9 Å². The minimum atomic E-state index is -0.962. The third-order valence-corrected chi connectivity index (χ3v) is 4.69. The monoisotopic (exact) mass is 319 g/mol. The predicted octanol–water partition coefficient (Wildman–Crippen LogP) is 3.25. The summed E-state index contributed by atoms with van der Waals surface area (Å²) < 4.78 is 17.2. The molecule has 1 unspecified atom stereocenters. The average Bonchev–Trinajstić information content (AvgIpc) is 2.91. The Morgan fingerprint density at radius 2 is 1.95 bits per heavy atom. The zero-order chi connectivity index (χ0) is 15.0. The molecular formula is C14H16Cl2FNO2. The highest BCUT2D eigenvalue weighted by Gasteiger charge is 2.68. The van der Waals surface area contributed by atoms with Crippen LogP contribution >= 0.6 is 23.2 Å². The minimum Gasteiger partial charge on any atom is -0.492 e. The van der Waals surface area contributed by atoms with Gasteiger partial charge in [-0.05, 0) is 37.6 Å². The molecule has 1 aliphatic carbocycles. The van der Waals surface area contributed by atoms with E-state index in [2.05, 4.69) is 0 Å². The first kappa shape index (κ1) is 15.4. The summed E-state index contributed by atoms with van der Waals surface area (Å²) in [6.07, 6.45) is 0.463. The molecule has 20 heavy (non-hydrogen) atoms. The molecule has 0 spiro atoms. The number of hydrogen-bond donors (Lipinski definition) is 0. The maximum absolute atomic E-state index is 12.7. The van der Waals surface area contributed by atoms with Gasteiger partial charge in [-0.1, -0.05) is 0 Å². The normalized spacial score (nSPS) is 23.2. The number of nitrogens with zero attached hydrogens (tertiary/aromatic N) is 1. The van der Waals surface area contributed by atoms with Crippen molar-refractivity contribution in [2.75, 3.05) is 20.2 Å². The Hall–Kier alpha value is -1.000. The second-order valence-corrected chi connectivity index (χ2v) is 6.73. The average molecular weight is 320 g/mol. The van der Waals surface area contributed by atoms with E-state index in [4.69, 9.17) is 27.9 Å². The van der Waals surface area contributed by atoms with Gasteiger partial charge in [-0.3, -0.25) is 4.79 Å². The van der Waals surface area contributed by atoms with Crippen LogP contribution in [0.15, 0.2) is 24.3 Å². The van der Waals surface area contributed by atoms with E-state index in [1.807, 2.05) is 0 Å². The van der Waals surface area contributed by atoms with Gasteiger partial charge in [0.05, 0.1) is 12.0 Å². The summed E-state index contributed by atoms with van der Waals surface area (Å²) in [5.74, 6) is 0.158. The van der Waals surface area contributed by atoms with Gasteiger partial charge in [0.15, 0.2) is 0 Å². The number of carbonyl (C=O) groups is 1. The molecule has 1 aliphatic rings. The van der Waals surface area contributed by atoms with Crippen molar-refractivity contribution in [3.05, 3.63) is 30.1 Å². The van der Waals surface area contributed by atoms with Crippen LogP contribution in [-0.2, 0) is 4.79 Å². The van der Waals surface area contributed by atoms with Crippen LogP contribution in [-0.4, -0.2) is 35.3 Å². The van der Waals surface area contributed by atoms with Gasteiger partial charge in [-0.15, -0.1) is 23.2 Å². The number of rotatable bonds is 5. The fourth-order valence-corrected chi connectivity index (χ4v) is 2.68. The lowest BCUT2D eigenvalue weighted by molar-refractivity contribution is -0.135. The third kappa shape index (κ3) is 3.01. The quantitative estimate of drug-likeness (QED) is 0.780. The summed E-state index contributed by atoms with van der Waals surface area (Å²) in [6, 6.07) is 5.74. The first-order valence-electron chi connectivity index (χ1n) is 6.28. The lowest BCUT2D eigenvalue weighted by Gasteiger charge is -2.22. The molecule has 0 heterocycles. The van der Waals surface area contributed by atoms with Crippen molar-refractivity contribution in [1.29, 1.82) is 0 Å². The lowest BCUT2D eigenvalue weighted by atomic mass is 10.1. The van der Waals surface area contributed by atoms with E-state index in [-0.39, 0.29) is 11.7 Å². The number of alkyl halides is 2. The Kier molecular flexibility index (Phi) is 4.17. The van der Waals surface area contributed by atoms with Gasteiger partial charge in [-0.25, -0.2) is 4.39 Å². The molecule has 1 aromatic carbocycles. The largest absolute Gasteiger partial charge is 0.492 e. The smallest absolute Gasteiger partial charge is 0.231 e. The SMILES string of the molecule is CN(CCOc1ccc(F)cc1)C(=O)C1(C)CC1(Cl)Cl. The third-order valence-electron chi connectivity index (χ3n) is 3.59. The van der Waals surface area contributed by atoms with Crippen molar-refractivity contribution >= 4 is 29.1 Å². The summed E-state index contributed by atoms with van der Waals surface area (Å²) in [7, 11) is 1.68. The van der Waals surface area contributed by atoms with Gasteiger partial charge >= 0.3 is 0 Å². The molecule has 1 aromatic rings. The van der Waals surface area contributed by atoms with Crippen LogP contribution in [0.2, 0.25) is 0 Å². The molecule has 1 saturated carbocycles. The standard InChI is InChI=1S/C14H16Cl2FNO2/c1-13(9-14(13,15)16)12(19)18(2)7-8-20-11-5-3-10(17)4-6-11/h3-6H,7-9H2,1-2H3. The van der Waals surface area contributed by atoms with Gasteiger partial charge in [0.1, 0.15) is 22.5 Å². The van der Waals surface area contributed by atoms with Gasteiger partial charge in [-0.2, -0.15) is 0 Å². The van der Waals surface area contributed by atoms with Crippen molar-refractivity contribution in [3.8, 4) is 5.75 Å². The highest BCUT2D eigenvalue weighted by molar-refractivity contribution is 6.53. The molecule has 1 atom stereocenters. The number of carbonyl (C=O) groups excluding carboxylic acids is 1. The first-order chi connectivity index (χ1) is 9.26. The molecule has 6 heteroatoms. The molecule has 0 aromatic heterocycles. The van der Waals surface area contributed by atoms with Gasteiger partial charge in [0.25, 0.3) is 0 Å². The molecule has 0 aliphatic heterocycles. The molecule has 0 radical (unpaired) electrons. The van der Waals surface area contributed by atoms with Crippen LogP contribution < -0.4 is 4.74 Å². The fourth-order valence-electron chi connectivity index (χ4n) is 1.99. The molecule has 1 amide bonds. The summed E-state index contributed by atoms with van der Waals surface area (Å²) in [5.41, 5.74) is -0.708. The Morgan fingerprint density at radius 3 is 2.45 bits per heavy atom. The van der Waals surface area contributed by atoms with Crippen molar-refractivity contribution in [2.24, 2.45) is 5.41 Å². The summed E-state index contributed by atoms with van der Waals surface area (Å²) in [4.78, 5) is 13.7. The first-order valence-corrected chi connectivity index (χ1v) is 7.04. The minimum absolute atomic E-state index is 0.0924. The van der Waals surface area contributed by atoms with E-state index in [0.717, 1.165) is 0 Å². The zero-order valence-corrected chi connectivity index (χ0v) is 12.8. The zero-order valence-electron chi connectivity index (χ0n) is 11.3. The van der Waals surface area contributed by atoms with E-state index in [0.29, 0.717) is 25.3 Å². The summed E-state index contributed by atoms with van der Waals surface area (Å²) in [6.45, 7) is 2.49. The number of ether oxygens (including phenoxy) is 1. The highest BCUT2D eigenvalue weighted by atomic mass is 35.5. The van der Waals surface area contributed by atoms with E-state index >= 15 is 0 Å². The molecule has 2 rings (SSSR count). The van der Waals surface area contributed by atoms with Crippen molar-refractivity contribution in [2.45, 2.75) is 17.7 Å². The summed E-state index contributed by atoms with van der Waals surface area (Å²) in [5, 5.41) is 0. The fraction of sp³-hybridized carbons (Fsp3) is 0.500. The van der Waals surface area contributed by atoms with Crippen molar-refractivity contribution in [3.63, 3.8) is 0 Å². The van der Waals surface area contributed by atoms with E-state index in [1.54, 1.807) is 31.0 Å². The highest BCUT2D eigenvalue weighted by Crippen LogP contribution is 2.64. The van der Waals surface area contributed by atoms with E-state index in [9.17, 15) is 9.18 Å². The van der Waals surface area contributed by atoms with Gasteiger partial charge in [0.2, 0.25) is 5.91 Å². The van der Waals surface area contributed by atoms with Crippen LogP contribution in [0, 0.1) is 11.2 Å². The van der Waals surface area contributed by atoms with E-state index < -0.39 is 9.75 Å². The lowest BCUT2D eigenvalue weighted by Crippen LogP contribution is -2.37. The molecular weight excluding hydrogens is 304 g/mol. The van der Waals surface area contributed by atoms with Crippen LogP contribution in [0.25, 0.3) is 0 Å². The Morgan fingerprint density at radius 1 is 1.40 bits per heavy atom. The second kappa shape index (κ2) is 5.41. The van der Waals surface area contributed by atoms with E-state index in [1.165, 1.54) is 12.1 Å². The number of benzene rings is 1. The molecule has 3 nitrogen and oxygen atoms in total.